The van der Waals surface area contributed by atoms with Crippen molar-refractivity contribution in [3.63, 3.8) is 0 Å². The lowest BCUT2D eigenvalue weighted by atomic mass is 9.94. The van der Waals surface area contributed by atoms with Crippen LogP contribution >= 0.6 is 0 Å². The summed E-state index contributed by atoms with van der Waals surface area (Å²) in [6.45, 7) is 3.34. The van der Waals surface area contributed by atoms with Crippen LogP contribution in [0.5, 0.6) is 0 Å². The summed E-state index contributed by atoms with van der Waals surface area (Å²) in [4.78, 5) is 53.8. The molecule has 1 N–H and O–H groups in total. The lowest BCUT2D eigenvalue weighted by molar-refractivity contribution is -0.0102. The van der Waals surface area contributed by atoms with Crippen molar-refractivity contribution in [2.24, 2.45) is 0 Å². The van der Waals surface area contributed by atoms with E-state index in [0.717, 1.165) is 24.3 Å². The van der Waals surface area contributed by atoms with E-state index in [0.29, 0.717) is 12.8 Å². The molecular formula is C23H27N3O7. The van der Waals surface area contributed by atoms with Gasteiger partial charge in [-0.2, -0.15) is 5.01 Å². The van der Waals surface area contributed by atoms with E-state index < -0.39 is 29.7 Å². The minimum absolute atomic E-state index is 0.00544. The predicted octanol–water partition coefficient (Wildman–Crippen LogP) is 3.70. The quantitative estimate of drug-likeness (QED) is 0.696. The van der Waals surface area contributed by atoms with E-state index >= 15 is 0 Å². The minimum atomic E-state index is -1.22. The molecule has 1 saturated carbocycles. The van der Waals surface area contributed by atoms with Gasteiger partial charge in [-0.1, -0.05) is 31.4 Å². The molecule has 33 heavy (non-hydrogen) atoms. The predicted molar refractivity (Wildman–Crippen MR) is 117 cm³/mol. The fraction of sp³-hybridized carbons (Fsp3) is 0.478. The number of amides is 3. The molecule has 4 rings (SSSR count). The largest absolute Gasteiger partial charge is 0.450 e. The van der Waals surface area contributed by atoms with Crippen molar-refractivity contribution < 1.29 is 28.3 Å². The summed E-state index contributed by atoms with van der Waals surface area (Å²) in [6.07, 6.45) is 1.24. The fourth-order valence-corrected chi connectivity index (χ4v) is 4.56. The monoisotopic (exact) mass is 457 g/mol. The van der Waals surface area contributed by atoms with Crippen LogP contribution in [-0.4, -0.2) is 47.3 Å². The van der Waals surface area contributed by atoms with Gasteiger partial charge in [0.05, 0.1) is 24.2 Å². The third kappa shape index (κ3) is 4.12. The molecule has 1 aliphatic heterocycles. The molecule has 1 aliphatic carbocycles. The van der Waals surface area contributed by atoms with Gasteiger partial charge in [0.15, 0.2) is 6.17 Å². The van der Waals surface area contributed by atoms with Crippen molar-refractivity contribution in [2.45, 2.75) is 58.2 Å². The van der Waals surface area contributed by atoms with Crippen LogP contribution in [0.4, 0.5) is 9.59 Å². The first-order valence-corrected chi connectivity index (χ1v) is 11.3. The first-order valence-electron chi connectivity index (χ1n) is 11.3. The van der Waals surface area contributed by atoms with Gasteiger partial charge in [0, 0.05) is 6.04 Å². The van der Waals surface area contributed by atoms with Crippen molar-refractivity contribution in [3.8, 4) is 0 Å². The molecule has 176 valence electrons. The molecule has 1 fully saturated rings. The van der Waals surface area contributed by atoms with Crippen LogP contribution in [-0.2, 0) is 9.47 Å². The van der Waals surface area contributed by atoms with E-state index in [1.54, 1.807) is 38.1 Å². The zero-order valence-electron chi connectivity index (χ0n) is 18.7. The lowest BCUT2D eigenvalue weighted by Gasteiger charge is -2.39. The standard InChI is InChI=1S/C23H27N3O7/c1-3-31-22(29)24-26(23(30)32-4-2)20-17-18(27)15-12-8-9-13-16(15)33-19(17)21(28)25(20)14-10-6-5-7-11-14/h8-9,12-14,20H,3-7,10-11H2,1-2H3,(H,24,29)/t20-/m0/s1. The van der Waals surface area contributed by atoms with Crippen LogP contribution in [0.25, 0.3) is 11.0 Å². The van der Waals surface area contributed by atoms with Crippen molar-refractivity contribution in [3.05, 3.63) is 45.8 Å². The highest BCUT2D eigenvalue weighted by atomic mass is 16.6. The second kappa shape index (κ2) is 9.51. The Morgan fingerprint density at radius 1 is 1.09 bits per heavy atom. The van der Waals surface area contributed by atoms with Gasteiger partial charge >= 0.3 is 12.2 Å². The van der Waals surface area contributed by atoms with Crippen LogP contribution < -0.4 is 10.9 Å². The zero-order chi connectivity index (χ0) is 23.5. The Bertz CT molecular complexity index is 1120. The van der Waals surface area contributed by atoms with E-state index in [4.69, 9.17) is 13.9 Å². The minimum Gasteiger partial charge on any atom is -0.450 e. The van der Waals surface area contributed by atoms with Crippen LogP contribution in [0.2, 0.25) is 0 Å². The number of hydrogen-bond acceptors (Lipinski definition) is 7. The summed E-state index contributed by atoms with van der Waals surface area (Å²) in [5, 5.41) is 1.14. The first-order chi connectivity index (χ1) is 16.0. The Hall–Kier alpha value is -3.56. The summed E-state index contributed by atoms with van der Waals surface area (Å²) in [7, 11) is 0. The number of benzene rings is 1. The second-order valence-corrected chi connectivity index (χ2v) is 7.95. The average Bonchev–Trinajstić information content (AvgIpc) is 3.11. The van der Waals surface area contributed by atoms with Gasteiger partial charge in [0.25, 0.3) is 5.91 Å². The van der Waals surface area contributed by atoms with Crippen LogP contribution in [0.3, 0.4) is 0 Å². The van der Waals surface area contributed by atoms with Gasteiger partial charge < -0.3 is 18.8 Å². The maximum absolute atomic E-state index is 13.6. The average molecular weight is 457 g/mol. The number of carbonyl (C=O) groups is 3. The van der Waals surface area contributed by atoms with Crippen molar-refractivity contribution in [1.29, 1.82) is 0 Å². The summed E-state index contributed by atoms with van der Waals surface area (Å²) in [6, 6.07) is 6.38. The van der Waals surface area contributed by atoms with Crippen molar-refractivity contribution >= 4 is 29.1 Å². The molecule has 1 atom stereocenters. The molecule has 0 unspecified atom stereocenters. The van der Waals surface area contributed by atoms with Gasteiger partial charge in [-0.3, -0.25) is 9.59 Å². The number of hydrogen-bond donors (Lipinski definition) is 1. The van der Waals surface area contributed by atoms with E-state index in [9.17, 15) is 19.2 Å². The molecular weight excluding hydrogens is 430 g/mol. The Morgan fingerprint density at radius 3 is 2.48 bits per heavy atom. The highest BCUT2D eigenvalue weighted by Crippen LogP contribution is 2.40. The smallest absolute Gasteiger partial charge is 0.431 e. The van der Waals surface area contributed by atoms with E-state index in [2.05, 4.69) is 5.43 Å². The van der Waals surface area contributed by atoms with Crippen molar-refractivity contribution in [1.82, 2.24) is 15.3 Å². The number of nitrogens with zero attached hydrogens (tertiary/aromatic N) is 2. The van der Waals surface area contributed by atoms with Crippen LogP contribution in [0.15, 0.2) is 33.5 Å². The number of para-hydroxylation sites is 1. The maximum atomic E-state index is 13.6. The summed E-state index contributed by atoms with van der Waals surface area (Å²) in [5.41, 5.74) is 2.20. The molecule has 0 spiro atoms. The Kier molecular flexibility index (Phi) is 6.52. The summed E-state index contributed by atoms with van der Waals surface area (Å²) < 4.78 is 16.0. The molecule has 0 bridgehead atoms. The lowest BCUT2D eigenvalue weighted by Crippen LogP contribution is -2.55. The van der Waals surface area contributed by atoms with Gasteiger partial charge in [-0.15, -0.1) is 0 Å². The van der Waals surface area contributed by atoms with E-state index in [1.165, 1.54) is 4.90 Å². The normalized spacial score (nSPS) is 18.2. The molecule has 1 aromatic heterocycles. The molecule has 2 aliphatic rings. The third-order valence-electron chi connectivity index (χ3n) is 5.95. The summed E-state index contributed by atoms with van der Waals surface area (Å²) >= 11 is 0. The highest BCUT2D eigenvalue weighted by Gasteiger charge is 2.50. The Labute approximate surface area is 190 Å². The summed E-state index contributed by atoms with van der Waals surface area (Å²) in [5.74, 6) is -0.626. The molecule has 2 heterocycles. The van der Waals surface area contributed by atoms with Gasteiger partial charge in [-0.25, -0.2) is 15.0 Å². The van der Waals surface area contributed by atoms with Crippen LogP contribution in [0.1, 0.15) is 68.2 Å². The van der Waals surface area contributed by atoms with E-state index in [1.807, 2.05) is 0 Å². The molecule has 3 amide bonds. The van der Waals surface area contributed by atoms with Gasteiger partial charge in [0.2, 0.25) is 11.2 Å². The number of carbonyl (C=O) groups excluding carboxylic acids is 3. The number of rotatable bonds is 4. The van der Waals surface area contributed by atoms with Crippen LogP contribution in [0, 0.1) is 0 Å². The van der Waals surface area contributed by atoms with Gasteiger partial charge in [-0.05, 0) is 38.8 Å². The number of ether oxygens (including phenoxy) is 2. The maximum Gasteiger partial charge on any atom is 0.431 e. The Balaban J connectivity index is 1.89. The Morgan fingerprint density at radius 2 is 1.79 bits per heavy atom. The highest BCUT2D eigenvalue weighted by molar-refractivity contribution is 5.99. The topological polar surface area (TPSA) is 118 Å². The molecule has 10 heteroatoms. The molecule has 0 radical (unpaired) electrons. The second-order valence-electron chi connectivity index (χ2n) is 7.95. The van der Waals surface area contributed by atoms with Gasteiger partial charge in [0.1, 0.15) is 5.58 Å². The fourth-order valence-electron chi connectivity index (χ4n) is 4.56. The molecule has 10 nitrogen and oxygen atoms in total. The van der Waals surface area contributed by atoms with Crippen molar-refractivity contribution in [2.75, 3.05) is 13.2 Å². The first kappa shape index (κ1) is 22.6. The molecule has 0 saturated heterocycles. The number of hydrazine groups is 1. The third-order valence-corrected chi connectivity index (χ3v) is 5.95. The van der Waals surface area contributed by atoms with E-state index in [-0.39, 0.29) is 41.5 Å². The zero-order valence-corrected chi connectivity index (χ0v) is 18.7. The SMILES string of the molecule is CCOC(=O)NN(C(=O)OCC)[C@H]1c2c(oc3ccccc3c2=O)C(=O)N1C1CCCCC1. The number of fused-ring (bicyclic) bond motifs is 2. The number of nitrogens with one attached hydrogen (secondary N) is 1. The molecule has 1 aromatic carbocycles. The molecule has 2 aromatic rings.